The molecule has 0 bridgehead atoms. The van der Waals surface area contributed by atoms with Crippen LogP contribution in [-0.2, 0) is 19.5 Å². The number of benzene rings is 2. The highest BCUT2D eigenvalue weighted by molar-refractivity contribution is 6.03. The molecule has 1 aliphatic rings. The van der Waals surface area contributed by atoms with E-state index in [-0.39, 0.29) is 11.8 Å². The predicted octanol–water partition coefficient (Wildman–Crippen LogP) is 3.74. The standard InChI is InChI=1S/C23H24N4O2/c1-26(16-17-10-4-2-5-11-17)23(29)20-19-14-8-9-15-27(19)21(25-20)22(28)24-18-12-6-3-7-13-18/h2-7,10-13H,8-9,14-16H2,1H3,(H,24,28). The summed E-state index contributed by atoms with van der Waals surface area (Å²) in [5.41, 5.74) is 3.01. The van der Waals surface area contributed by atoms with Gasteiger partial charge in [0.05, 0.1) is 5.69 Å². The monoisotopic (exact) mass is 388 g/mol. The smallest absolute Gasteiger partial charge is 0.291 e. The van der Waals surface area contributed by atoms with Crippen molar-refractivity contribution in [1.29, 1.82) is 0 Å². The fourth-order valence-corrected chi connectivity index (χ4v) is 3.71. The summed E-state index contributed by atoms with van der Waals surface area (Å²) >= 11 is 0. The van der Waals surface area contributed by atoms with Gasteiger partial charge in [0.15, 0.2) is 5.82 Å². The third-order valence-electron chi connectivity index (χ3n) is 5.16. The van der Waals surface area contributed by atoms with Crippen LogP contribution in [0.5, 0.6) is 0 Å². The van der Waals surface area contributed by atoms with Crippen LogP contribution in [0.25, 0.3) is 0 Å². The number of amides is 2. The van der Waals surface area contributed by atoms with Gasteiger partial charge in [-0.05, 0) is 37.0 Å². The van der Waals surface area contributed by atoms with E-state index in [0.717, 1.165) is 30.5 Å². The van der Waals surface area contributed by atoms with Gasteiger partial charge in [0.25, 0.3) is 11.8 Å². The van der Waals surface area contributed by atoms with E-state index in [1.165, 1.54) is 0 Å². The second-order valence-electron chi connectivity index (χ2n) is 7.31. The SMILES string of the molecule is CN(Cc1ccccc1)C(=O)c1nc(C(=O)Nc2ccccc2)n2c1CCCC2. The Morgan fingerprint density at radius 1 is 1.03 bits per heavy atom. The summed E-state index contributed by atoms with van der Waals surface area (Å²) in [4.78, 5) is 32.2. The Labute approximate surface area is 170 Å². The molecule has 0 radical (unpaired) electrons. The van der Waals surface area contributed by atoms with Crippen molar-refractivity contribution < 1.29 is 9.59 Å². The number of para-hydroxylation sites is 1. The first kappa shape index (κ1) is 18.9. The van der Waals surface area contributed by atoms with Gasteiger partial charge in [-0.3, -0.25) is 9.59 Å². The summed E-state index contributed by atoms with van der Waals surface area (Å²) in [6.45, 7) is 1.20. The van der Waals surface area contributed by atoms with Crippen LogP contribution >= 0.6 is 0 Å². The number of nitrogens with zero attached hydrogens (tertiary/aromatic N) is 3. The second-order valence-corrected chi connectivity index (χ2v) is 7.31. The summed E-state index contributed by atoms with van der Waals surface area (Å²) in [7, 11) is 1.77. The van der Waals surface area contributed by atoms with Crippen LogP contribution in [0, 0.1) is 0 Å². The van der Waals surface area contributed by atoms with E-state index in [1.54, 1.807) is 11.9 Å². The lowest BCUT2D eigenvalue weighted by Gasteiger charge is -2.19. The van der Waals surface area contributed by atoms with Crippen molar-refractivity contribution in [2.45, 2.75) is 32.4 Å². The summed E-state index contributed by atoms with van der Waals surface area (Å²) in [5, 5.41) is 2.88. The van der Waals surface area contributed by atoms with Crippen LogP contribution in [0.3, 0.4) is 0 Å². The third kappa shape index (κ3) is 4.06. The number of nitrogens with one attached hydrogen (secondary N) is 1. The first-order chi connectivity index (χ1) is 14.1. The zero-order chi connectivity index (χ0) is 20.2. The maximum Gasteiger partial charge on any atom is 0.291 e. The van der Waals surface area contributed by atoms with Gasteiger partial charge in [-0.25, -0.2) is 4.98 Å². The molecule has 3 aromatic rings. The molecule has 2 amide bonds. The van der Waals surface area contributed by atoms with Gasteiger partial charge in [0.2, 0.25) is 0 Å². The fourth-order valence-electron chi connectivity index (χ4n) is 3.71. The molecular formula is C23H24N4O2. The van der Waals surface area contributed by atoms with Gasteiger partial charge in [-0.15, -0.1) is 0 Å². The van der Waals surface area contributed by atoms with E-state index in [4.69, 9.17) is 0 Å². The van der Waals surface area contributed by atoms with Crippen LogP contribution in [0.2, 0.25) is 0 Å². The Morgan fingerprint density at radius 3 is 2.45 bits per heavy atom. The van der Waals surface area contributed by atoms with Crippen molar-refractivity contribution in [2.24, 2.45) is 0 Å². The number of anilines is 1. The second kappa shape index (κ2) is 8.31. The summed E-state index contributed by atoms with van der Waals surface area (Å²) < 4.78 is 1.91. The molecule has 0 unspecified atom stereocenters. The predicted molar refractivity (Wildman–Crippen MR) is 112 cm³/mol. The molecule has 2 aromatic carbocycles. The highest BCUT2D eigenvalue weighted by Gasteiger charge is 2.29. The number of hydrogen-bond acceptors (Lipinski definition) is 3. The van der Waals surface area contributed by atoms with E-state index in [9.17, 15) is 9.59 Å². The van der Waals surface area contributed by atoms with Gasteiger partial charge in [-0.2, -0.15) is 0 Å². The number of carbonyl (C=O) groups is 2. The highest BCUT2D eigenvalue weighted by atomic mass is 16.2. The maximum absolute atomic E-state index is 13.1. The summed E-state index contributed by atoms with van der Waals surface area (Å²) in [6, 6.07) is 19.1. The molecule has 0 fully saturated rings. The molecule has 6 nitrogen and oxygen atoms in total. The molecule has 29 heavy (non-hydrogen) atoms. The molecule has 2 heterocycles. The largest absolute Gasteiger partial charge is 0.336 e. The van der Waals surface area contributed by atoms with Crippen LogP contribution in [-0.4, -0.2) is 33.3 Å². The number of imidazole rings is 1. The first-order valence-corrected chi connectivity index (χ1v) is 9.88. The first-order valence-electron chi connectivity index (χ1n) is 9.88. The molecule has 0 spiro atoms. The molecule has 0 atom stereocenters. The molecule has 0 saturated heterocycles. The molecule has 6 heteroatoms. The Balaban J connectivity index is 1.60. The molecule has 0 aliphatic carbocycles. The molecule has 1 N–H and O–H groups in total. The normalized spacial score (nSPS) is 12.9. The van der Waals surface area contributed by atoms with Gasteiger partial charge in [0.1, 0.15) is 5.69 Å². The number of rotatable bonds is 5. The summed E-state index contributed by atoms with van der Waals surface area (Å²) in [5.74, 6) is -0.137. The highest BCUT2D eigenvalue weighted by Crippen LogP contribution is 2.23. The summed E-state index contributed by atoms with van der Waals surface area (Å²) in [6.07, 6.45) is 2.72. The minimum Gasteiger partial charge on any atom is -0.336 e. The number of hydrogen-bond donors (Lipinski definition) is 1. The van der Waals surface area contributed by atoms with Gasteiger partial charge in [0, 0.05) is 25.8 Å². The van der Waals surface area contributed by atoms with E-state index < -0.39 is 0 Å². The van der Waals surface area contributed by atoms with Crippen molar-refractivity contribution in [3.8, 4) is 0 Å². The molecule has 0 saturated carbocycles. The topological polar surface area (TPSA) is 67.2 Å². The Bertz CT molecular complexity index is 1010. The maximum atomic E-state index is 13.1. The zero-order valence-corrected chi connectivity index (χ0v) is 16.5. The van der Waals surface area contributed by atoms with E-state index >= 15 is 0 Å². The fraction of sp³-hybridized carbons (Fsp3) is 0.261. The van der Waals surface area contributed by atoms with Crippen molar-refractivity contribution in [2.75, 3.05) is 12.4 Å². The Morgan fingerprint density at radius 2 is 1.72 bits per heavy atom. The average Bonchev–Trinajstić information content (AvgIpc) is 3.14. The minimum atomic E-state index is -0.288. The molecule has 148 valence electrons. The van der Waals surface area contributed by atoms with E-state index in [2.05, 4.69) is 10.3 Å². The Hall–Kier alpha value is -3.41. The van der Waals surface area contributed by atoms with Crippen molar-refractivity contribution in [3.63, 3.8) is 0 Å². The molecular weight excluding hydrogens is 364 g/mol. The third-order valence-corrected chi connectivity index (χ3v) is 5.16. The number of aromatic nitrogens is 2. The van der Waals surface area contributed by atoms with Gasteiger partial charge < -0.3 is 14.8 Å². The van der Waals surface area contributed by atoms with E-state index in [0.29, 0.717) is 30.3 Å². The quantitative estimate of drug-likeness (QED) is 0.724. The molecule has 1 aliphatic heterocycles. The van der Waals surface area contributed by atoms with Gasteiger partial charge >= 0.3 is 0 Å². The Kier molecular flexibility index (Phi) is 5.42. The lowest BCUT2D eigenvalue weighted by atomic mass is 10.1. The molecule has 4 rings (SSSR count). The lowest BCUT2D eigenvalue weighted by molar-refractivity contribution is 0.0778. The lowest BCUT2D eigenvalue weighted by Crippen LogP contribution is -2.28. The molecule has 1 aromatic heterocycles. The van der Waals surface area contributed by atoms with E-state index in [1.807, 2.05) is 65.2 Å². The zero-order valence-electron chi connectivity index (χ0n) is 16.5. The van der Waals surface area contributed by atoms with Crippen LogP contribution in [0.1, 0.15) is 45.2 Å². The van der Waals surface area contributed by atoms with Gasteiger partial charge in [-0.1, -0.05) is 48.5 Å². The van der Waals surface area contributed by atoms with Crippen molar-refractivity contribution in [3.05, 3.63) is 83.4 Å². The van der Waals surface area contributed by atoms with Crippen molar-refractivity contribution in [1.82, 2.24) is 14.5 Å². The number of carbonyl (C=O) groups excluding carboxylic acids is 2. The minimum absolute atomic E-state index is 0.154. The van der Waals surface area contributed by atoms with Crippen LogP contribution < -0.4 is 5.32 Å². The van der Waals surface area contributed by atoms with Crippen molar-refractivity contribution >= 4 is 17.5 Å². The van der Waals surface area contributed by atoms with Crippen LogP contribution in [0.15, 0.2) is 60.7 Å². The average molecular weight is 388 g/mol. The van der Waals surface area contributed by atoms with Crippen LogP contribution in [0.4, 0.5) is 5.69 Å². The number of fused-ring (bicyclic) bond motifs is 1.